The smallest absolute Gasteiger partial charge is 0.309 e. The van der Waals surface area contributed by atoms with Crippen LogP contribution in [0.25, 0.3) is 0 Å². The normalized spacial score (nSPS) is 45.0. The van der Waals surface area contributed by atoms with E-state index in [1.165, 1.54) is 44.1 Å². The highest BCUT2D eigenvalue weighted by molar-refractivity contribution is 5.71. The predicted octanol–water partition coefficient (Wildman–Crippen LogP) is 6.62. The van der Waals surface area contributed by atoms with Crippen LogP contribution in [0, 0.1) is 46.3 Å². The van der Waals surface area contributed by atoms with Gasteiger partial charge in [0.15, 0.2) is 0 Å². The van der Waals surface area contributed by atoms with Gasteiger partial charge >= 0.3 is 5.97 Å². The maximum atomic E-state index is 12.0. The molecule has 31 heavy (non-hydrogen) atoms. The Morgan fingerprint density at radius 2 is 1.81 bits per heavy atom. The molecule has 0 amide bonds. The van der Waals surface area contributed by atoms with Crippen molar-refractivity contribution in [2.45, 2.75) is 98.5 Å². The van der Waals surface area contributed by atoms with Gasteiger partial charge in [-0.1, -0.05) is 44.1 Å². The van der Waals surface area contributed by atoms with Crippen molar-refractivity contribution < 1.29 is 15.0 Å². The van der Waals surface area contributed by atoms with E-state index in [0.717, 1.165) is 24.7 Å². The summed E-state index contributed by atoms with van der Waals surface area (Å²) in [7, 11) is 0. The molecule has 4 rings (SSSR count). The van der Waals surface area contributed by atoms with Gasteiger partial charge in [-0.3, -0.25) is 4.79 Å². The maximum Gasteiger partial charge on any atom is 0.309 e. The summed E-state index contributed by atoms with van der Waals surface area (Å²) in [4.78, 5) is 12.0. The standard InChI is InChI=1S/C28H44O3/c1-17(2)7-6-8-18(3)20-11-12-21-19-9-10-23-25(26(30)31)24(29)14-16-28(23,5)22(19)13-15-27(20,21)4/h7,9,18,20-25,29H,6,8,10-16H2,1-5H3,(H,30,31)/t18-,20-,21+,22+,23+,24+,25+,27-,28-/m1/s1. The Balaban J connectivity index is 1.57. The van der Waals surface area contributed by atoms with Gasteiger partial charge in [0.25, 0.3) is 0 Å². The van der Waals surface area contributed by atoms with Crippen LogP contribution in [0.5, 0.6) is 0 Å². The van der Waals surface area contributed by atoms with Crippen LogP contribution in [0.15, 0.2) is 23.3 Å². The molecule has 0 aromatic heterocycles. The van der Waals surface area contributed by atoms with E-state index in [0.29, 0.717) is 23.7 Å². The van der Waals surface area contributed by atoms with E-state index in [2.05, 4.69) is 46.8 Å². The van der Waals surface area contributed by atoms with E-state index in [-0.39, 0.29) is 11.3 Å². The fourth-order valence-corrected chi connectivity index (χ4v) is 8.75. The number of fused-ring (bicyclic) bond motifs is 5. The maximum absolute atomic E-state index is 12.0. The van der Waals surface area contributed by atoms with Crippen LogP contribution in [0.2, 0.25) is 0 Å². The number of hydrogen-bond donors (Lipinski definition) is 2. The zero-order valence-corrected chi connectivity index (χ0v) is 20.4. The molecule has 0 saturated heterocycles. The van der Waals surface area contributed by atoms with Crippen molar-refractivity contribution in [2.75, 3.05) is 0 Å². The predicted molar refractivity (Wildman–Crippen MR) is 126 cm³/mol. The third-order valence-corrected chi connectivity index (χ3v) is 10.4. The number of aliphatic carboxylic acids is 1. The summed E-state index contributed by atoms with van der Waals surface area (Å²) in [6.45, 7) is 11.8. The summed E-state index contributed by atoms with van der Waals surface area (Å²) in [6, 6.07) is 0. The second-order valence-corrected chi connectivity index (χ2v) is 12.2. The van der Waals surface area contributed by atoms with E-state index in [1.54, 1.807) is 5.57 Å². The first-order valence-corrected chi connectivity index (χ1v) is 12.8. The van der Waals surface area contributed by atoms with Gasteiger partial charge in [0.05, 0.1) is 12.0 Å². The van der Waals surface area contributed by atoms with Crippen LogP contribution in [0.1, 0.15) is 92.4 Å². The average Bonchev–Trinajstić information content (AvgIpc) is 3.05. The van der Waals surface area contributed by atoms with Crippen LogP contribution in [0.4, 0.5) is 0 Å². The minimum absolute atomic E-state index is 0.0286. The lowest BCUT2D eigenvalue weighted by molar-refractivity contribution is -0.160. The number of aliphatic hydroxyl groups is 1. The van der Waals surface area contributed by atoms with E-state index < -0.39 is 18.0 Å². The summed E-state index contributed by atoms with van der Waals surface area (Å²) in [6.07, 6.45) is 14.2. The fourth-order valence-electron chi connectivity index (χ4n) is 8.75. The van der Waals surface area contributed by atoms with Crippen LogP contribution < -0.4 is 0 Å². The molecule has 3 fully saturated rings. The SMILES string of the molecule is CC(C)=CCC[C@@H](C)[C@H]1CC[C@H]2C3=CC[C@H]4[C@H](C(=O)O)[C@@H](O)CC[C@]4(C)[C@H]3CC[C@]12C. The van der Waals surface area contributed by atoms with Crippen molar-refractivity contribution in [3.05, 3.63) is 23.3 Å². The van der Waals surface area contributed by atoms with Crippen molar-refractivity contribution in [1.82, 2.24) is 0 Å². The minimum Gasteiger partial charge on any atom is -0.481 e. The molecule has 0 bridgehead atoms. The van der Waals surface area contributed by atoms with Crippen molar-refractivity contribution in [3.63, 3.8) is 0 Å². The number of aliphatic hydroxyl groups excluding tert-OH is 1. The molecular formula is C28H44O3. The van der Waals surface area contributed by atoms with Gasteiger partial charge in [-0.15, -0.1) is 0 Å². The van der Waals surface area contributed by atoms with E-state index >= 15 is 0 Å². The fraction of sp³-hybridized carbons (Fsp3) is 0.821. The minimum atomic E-state index is -0.799. The van der Waals surface area contributed by atoms with E-state index in [4.69, 9.17) is 0 Å². The zero-order valence-electron chi connectivity index (χ0n) is 20.4. The molecule has 0 heterocycles. The van der Waals surface area contributed by atoms with Gasteiger partial charge in [-0.2, -0.15) is 0 Å². The second-order valence-electron chi connectivity index (χ2n) is 12.2. The molecule has 4 aliphatic rings. The highest BCUT2D eigenvalue weighted by atomic mass is 16.4. The van der Waals surface area contributed by atoms with Gasteiger partial charge in [0.2, 0.25) is 0 Å². The molecule has 3 heteroatoms. The van der Waals surface area contributed by atoms with E-state index in [9.17, 15) is 15.0 Å². The topological polar surface area (TPSA) is 57.5 Å². The van der Waals surface area contributed by atoms with Crippen molar-refractivity contribution in [2.24, 2.45) is 46.3 Å². The summed E-state index contributed by atoms with van der Waals surface area (Å²) >= 11 is 0. The number of hydrogen-bond acceptors (Lipinski definition) is 2. The quantitative estimate of drug-likeness (QED) is 0.484. The highest BCUT2D eigenvalue weighted by Gasteiger charge is 2.60. The van der Waals surface area contributed by atoms with Crippen molar-refractivity contribution in [3.8, 4) is 0 Å². The molecule has 4 aliphatic carbocycles. The molecule has 0 spiro atoms. The number of allylic oxidation sites excluding steroid dienone is 4. The Bertz CT molecular complexity index is 762. The molecule has 0 unspecified atom stereocenters. The van der Waals surface area contributed by atoms with Gasteiger partial charge in [-0.25, -0.2) is 0 Å². The third-order valence-electron chi connectivity index (χ3n) is 10.4. The average molecular weight is 429 g/mol. The van der Waals surface area contributed by atoms with Gasteiger partial charge in [0.1, 0.15) is 0 Å². The van der Waals surface area contributed by atoms with Crippen LogP contribution in [-0.4, -0.2) is 22.3 Å². The lowest BCUT2D eigenvalue weighted by Gasteiger charge is -2.59. The first-order valence-electron chi connectivity index (χ1n) is 12.8. The molecule has 0 aromatic carbocycles. The Hall–Kier alpha value is -1.09. The Morgan fingerprint density at radius 1 is 1.13 bits per heavy atom. The summed E-state index contributed by atoms with van der Waals surface area (Å²) in [5, 5.41) is 20.3. The van der Waals surface area contributed by atoms with E-state index in [1.807, 2.05) is 0 Å². The third kappa shape index (κ3) is 3.73. The summed E-state index contributed by atoms with van der Waals surface area (Å²) in [5.41, 5.74) is 3.53. The molecule has 2 N–H and O–H groups in total. The molecule has 0 aliphatic heterocycles. The van der Waals surface area contributed by atoms with Crippen molar-refractivity contribution >= 4 is 5.97 Å². The number of carboxylic acids is 1. The van der Waals surface area contributed by atoms with Crippen molar-refractivity contribution in [1.29, 1.82) is 0 Å². The highest BCUT2D eigenvalue weighted by Crippen LogP contribution is 2.67. The van der Waals surface area contributed by atoms with Gasteiger partial charge in [0, 0.05) is 0 Å². The molecule has 9 atom stereocenters. The van der Waals surface area contributed by atoms with Crippen LogP contribution in [-0.2, 0) is 4.79 Å². The second kappa shape index (κ2) is 8.36. The summed E-state index contributed by atoms with van der Waals surface area (Å²) < 4.78 is 0. The van der Waals surface area contributed by atoms with Gasteiger partial charge in [-0.05, 0) is 112 Å². The number of rotatable bonds is 5. The molecular weight excluding hydrogens is 384 g/mol. The summed E-state index contributed by atoms with van der Waals surface area (Å²) in [5.74, 6) is 1.43. The zero-order chi connectivity index (χ0) is 22.6. The lowest BCUT2D eigenvalue weighted by atomic mass is 9.46. The molecule has 3 saturated carbocycles. The van der Waals surface area contributed by atoms with Crippen LogP contribution in [0.3, 0.4) is 0 Å². The molecule has 0 radical (unpaired) electrons. The van der Waals surface area contributed by atoms with Crippen LogP contribution >= 0.6 is 0 Å². The monoisotopic (exact) mass is 428 g/mol. The first-order chi connectivity index (χ1) is 14.6. The number of carbonyl (C=O) groups is 1. The lowest BCUT2D eigenvalue weighted by Crippen LogP contribution is -2.54. The van der Waals surface area contributed by atoms with Gasteiger partial charge < -0.3 is 10.2 Å². The Labute approximate surface area is 189 Å². The first kappa shape index (κ1) is 23.1. The molecule has 174 valence electrons. The Morgan fingerprint density at radius 3 is 2.48 bits per heavy atom. The largest absolute Gasteiger partial charge is 0.481 e. The number of carboxylic acid groups (broad SMARTS) is 1. The molecule has 0 aromatic rings. The molecule has 3 nitrogen and oxygen atoms in total. The Kier molecular flexibility index (Phi) is 6.22.